The maximum Gasteiger partial charge on any atom is 0.152 e. The van der Waals surface area contributed by atoms with Gasteiger partial charge in [0.05, 0.1) is 11.9 Å². The number of rotatable bonds is 5. The summed E-state index contributed by atoms with van der Waals surface area (Å²) in [4.78, 5) is 2.36. The van der Waals surface area contributed by atoms with E-state index < -0.39 is 9.84 Å². The molecule has 0 aromatic rings. The van der Waals surface area contributed by atoms with Gasteiger partial charge in [-0.3, -0.25) is 4.90 Å². The molecule has 0 bridgehead atoms. The minimum Gasteiger partial charge on any atom is -0.384 e. The molecule has 1 heterocycles. The third-order valence-electron chi connectivity index (χ3n) is 5.10. The van der Waals surface area contributed by atoms with Crippen LogP contribution in [0.15, 0.2) is 0 Å². The van der Waals surface area contributed by atoms with Crippen molar-refractivity contribution >= 4 is 9.84 Å². The molecule has 0 spiro atoms. The average molecular weight is 304 g/mol. The van der Waals surface area contributed by atoms with E-state index in [0.29, 0.717) is 12.5 Å². The van der Waals surface area contributed by atoms with Gasteiger partial charge in [-0.1, -0.05) is 6.42 Å². The maximum absolute atomic E-state index is 12.2. The summed E-state index contributed by atoms with van der Waals surface area (Å²) >= 11 is 0. The lowest BCUT2D eigenvalue weighted by atomic mass is 9.89. The number of ether oxygens (including phenoxy) is 1. The van der Waals surface area contributed by atoms with Crippen LogP contribution >= 0.6 is 0 Å². The molecule has 0 aromatic carbocycles. The van der Waals surface area contributed by atoms with E-state index in [9.17, 15) is 8.42 Å². The zero-order valence-electron chi connectivity index (χ0n) is 12.7. The first-order valence-corrected chi connectivity index (χ1v) is 9.52. The Morgan fingerprint density at radius 3 is 2.70 bits per heavy atom. The minimum absolute atomic E-state index is 0.304. The monoisotopic (exact) mass is 304 g/mol. The van der Waals surface area contributed by atoms with E-state index in [1.165, 1.54) is 6.26 Å². The summed E-state index contributed by atoms with van der Waals surface area (Å²) in [5.74, 6) is 0.498. The molecule has 0 amide bonds. The van der Waals surface area contributed by atoms with E-state index in [2.05, 4.69) is 4.90 Å². The molecule has 1 aliphatic heterocycles. The van der Waals surface area contributed by atoms with Gasteiger partial charge in [-0.2, -0.15) is 0 Å². The molecule has 2 aliphatic rings. The Morgan fingerprint density at radius 1 is 1.35 bits per heavy atom. The predicted molar refractivity (Wildman–Crippen MR) is 80.4 cm³/mol. The van der Waals surface area contributed by atoms with E-state index >= 15 is 0 Å². The summed E-state index contributed by atoms with van der Waals surface area (Å²) in [6, 6.07) is 0. The molecular formula is C14H28N2O3S. The molecule has 2 fully saturated rings. The van der Waals surface area contributed by atoms with Crippen LogP contribution in [-0.2, 0) is 14.6 Å². The largest absolute Gasteiger partial charge is 0.384 e. The molecule has 2 rings (SSSR count). The predicted octanol–water partition coefficient (Wildman–Crippen LogP) is 0.639. The number of piperidine rings is 1. The van der Waals surface area contributed by atoms with Crippen molar-refractivity contribution in [2.45, 2.75) is 42.9 Å². The zero-order valence-corrected chi connectivity index (χ0v) is 13.5. The Labute approximate surface area is 122 Å². The van der Waals surface area contributed by atoms with Crippen molar-refractivity contribution in [3.8, 4) is 0 Å². The summed E-state index contributed by atoms with van der Waals surface area (Å²) in [6.45, 7) is 3.06. The minimum atomic E-state index is -3.05. The smallest absolute Gasteiger partial charge is 0.152 e. The molecule has 1 saturated heterocycles. The lowest BCUT2D eigenvalue weighted by molar-refractivity contribution is 0.0265. The van der Waals surface area contributed by atoms with Crippen LogP contribution in [0.4, 0.5) is 0 Å². The number of nitrogens with two attached hydrogens (primary N) is 1. The topological polar surface area (TPSA) is 72.6 Å². The fourth-order valence-corrected chi connectivity index (χ4v) is 5.96. The highest BCUT2D eigenvalue weighted by atomic mass is 32.2. The molecule has 20 heavy (non-hydrogen) atoms. The van der Waals surface area contributed by atoms with Gasteiger partial charge in [0, 0.05) is 32.0 Å². The quantitative estimate of drug-likeness (QED) is 0.807. The van der Waals surface area contributed by atoms with Crippen molar-refractivity contribution in [1.29, 1.82) is 0 Å². The summed E-state index contributed by atoms with van der Waals surface area (Å²) in [6.07, 6.45) is 6.24. The molecule has 0 radical (unpaired) electrons. The zero-order chi connectivity index (χ0) is 14.8. The van der Waals surface area contributed by atoms with Crippen LogP contribution in [0.3, 0.4) is 0 Å². The molecule has 1 saturated carbocycles. The standard InChI is InChI=1S/C14H28N2O3S/c1-19-10-12-5-4-8-16(9-12)14(11-15)7-3-6-13(14)20(2,17)18/h12-13H,3-11,15H2,1-2H3. The van der Waals surface area contributed by atoms with E-state index in [-0.39, 0.29) is 10.8 Å². The number of hydrogen-bond acceptors (Lipinski definition) is 5. The first-order valence-electron chi connectivity index (χ1n) is 7.57. The van der Waals surface area contributed by atoms with Crippen molar-refractivity contribution in [2.24, 2.45) is 11.7 Å². The molecule has 2 N–H and O–H groups in total. The number of nitrogens with zero attached hydrogens (tertiary/aromatic N) is 1. The molecule has 3 atom stereocenters. The number of methoxy groups -OCH3 is 1. The number of hydrogen-bond donors (Lipinski definition) is 1. The third-order valence-corrected chi connectivity index (χ3v) is 6.80. The van der Waals surface area contributed by atoms with Gasteiger partial charge in [0.1, 0.15) is 0 Å². The van der Waals surface area contributed by atoms with Crippen LogP contribution < -0.4 is 5.73 Å². The Bertz CT molecular complexity index is 424. The second-order valence-electron chi connectivity index (χ2n) is 6.43. The van der Waals surface area contributed by atoms with Crippen molar-refractivity contribution in [3.05, 3.63) is 0 Å². The fraction of sp³-hybridized carbons (Fsp3) is 1.00. The molecule has 0 aromatic heterocycles. The molecule has 118 valence electrons. The van der Waals surface area contributed by atoms with Crippen molar-refractivity contribution in [3.63, 3.8) is 0 Å². The Balaban J connectivity index is 2.21. The molecule has 1 aliphatic carbocycles. The number of sulfone groups is 1. The molecular weight excluding hydrogens is 276 g/mol. The van der Waals surface area contributed by atoms with Crippen LogP contribution in [0.2, 0.25) is 0 Å². The van der Waals surface area contributed by atoms with Crippen molar-refractivity contribution < 1.29 is 13.2 Å². The maximum atomic E-state index is 12.2. The van der Waals surface area contributed by atoms with Gasteiger partial charge in [-0.15, -0.1) is 0 Å². The Morgan fingerprint density at radius 2 is 2.10 bits per heavy atom. The third kappa shape index (κ3) is 3.03. The highest BCUT2D eigenvalue weighted by Crippen LogP contribution is 2.40. The number of likely N-dealkylation sites (tertiary alicyclic amines) is 1. The summed E-state index contributed by atoms with van der Waals surface area (Å²) in [5, 5.41) is -0.304. The molecule has 3 unspecified atom stereocenters. The fourth-order valence-electron chi connectivity index (χ4n) is 4.20. The van der Waals surface area contributed by atoms with Crippen molar-refractivity contribution in [2.75, 3.05) is 39.6 Å². The summed E-state index contributed by atoms with van der Waals surface area (Å²) in [7, 11) is -1.33. The summed E-state index contributed by atoms with van der Waals surface area (Å²) < 4.78 is 29.6. The highest BCUT2D eigenvalue weighted by Gasteiger charge is 2.51. The Hall–Kier alpha value is -0.170. The van der Waals surface area contributed by atoms with Gasteiger partial charge in [-0.25, -0.2) is 8.42 Å². The second-order valence-corrected chi connectivity index (χ2v) is 8.66. The van der Waals surface area contributed by atoms with E-state index in [0.717, 1.165) is 51.8 Å². The van der Waals surface area contributed by atoms with Crippen LogP contribution in [-0.4, -0.2) is 63.7 Å². The van der Waals surface area contributed by atoms with Gasteiger partial charge in [0.25, 0.3) is 0 Å². The van der Waals surface area contributed by atoms with Crippen LogP contribution in [0.1, 0.15) is 32.1 Å². The lowest BCUT2D eigenvalue weighted by Gasteiger charge is -2.47. The average Bonchev–Trinajstić information content (AvgIpc) is 2.84. The highest BCUT2D eigenvalue weighted by molar-refractivity contribution is 7.91. The first kappa shape index (κ1) is 16.2. The van der Waals surface area contributed by atoms with Gasteiger partial charge in [-0.05, 0) is 38.1 Å². The van der Waals surface area contributed by atoms with Crippen molar-refractivity contribution in [1.82, 2.24) is 4.90 Å². The lowest BCUT2D eigenvalue weighted by Crippen LogP contribution is -2.62. The van der Waals surface area contributed by atoms with Crippen LogP contribution in [0.25, 0.3) is 0 Å². The van der Waals surface area contributed by atoms with Gasteiger partial charge < -0.3 is 10.5 Å². The van der Waals surface area contributed by atoms with E-state index in [1.807, 2.05) is 0 Å². The second kappa shape index (κ2) is 6.30. The molecule has 5 nitrogen and oxygen atoms in total. The van der Waals surface area contributed by atoms with Gasteiger partial charge in [0.15, 0.2) is 9.84 Å². The van der Waals surface area contributed by atoms with Gasteiger partial charge in [0.2, 0.25) is 0 Å². The normalized spacial score (nSPS) is 36.4. The SMILES string of the molecule is COCC1CCCN(C2(CN)CCCC2S(C)(=O)=O)C1. The van der Waals surface area contributed by atoms with Crippen LogP contribution in [0.5, 0.6) is 0 Å². The molecule has 6 heteroatoms. The first-order chi connectivity index (χ1) is 9.44. The van der Waals surface area contributed by atoms with Gasteiger partial charge >= 0.3 is 0 Å². The van der Waals surface area contributed by atoms with Crippen LogP contribution in [0, 0.1) is 5.92 Å². The Kier molecular flexibility index (Phi) is 5.10. The summed E-state index contributed by atoms with van der Waals surface area (Å²) in [5.41, 5.74) is 5.72. The van der Waals surface area contributed by atoms with E-state index in [1.54, 1.807) is 7.11 Å². The van der Waals surface area contributed by atoms with E-state index in [4.69, 9.17) is 10.5 Å².